The Morgan fingerprint density at radius 1 is 1.17 bits per heavy atom. The van der Waals surface area contributed by atoms with Crippen LogP contribution in [0.4, 0.5) is 0 Å². The van der Waals surface area contributed by atoms with E-state index in [9.17, 15) is 4.55 Å². The van der Waals surface area contributed by atoms with Crippen LogP contribution in [-0.4, -0.2) is 10.8 Å². The standard InChI is InChI=1S/C15H19NOS/c1-11-2-8-14(9-3-11)18(17)16-10-15(12-4-5-12)13-6-7-13/h2-3,8-10,12-13,15H,4-7H2,1H3/b16-10-/t18-/m0/s1. The number of hydrogen-bond donors (Lipinski definition) is 0. The normalized spacial score (nSPS) is 21.7. The Balaban J connectivity index is 1.65. The summed E-state index contributed by atoms with van der Waals surface area (Å²) < 4.78 is 16.4. The zero-order chi connectivity index (χ0) is 12.5. The van der Waals surface area contributed by atoms with Crippen LogP contribution in [0.1, 0.15) is 31.2 Å². The summed E-state index contributed by atoms with van der Waals surface area (Å²) in [7, 11) is 0. The van der Waals surface area contributed by atoms with Gasteiger partial charge in [-0.3, -0.25) is 0 Å². The zero-order valence-corrected chi connectivity index (χ0v) is 11.5. The van der Waals surface area contributed by atoms with E-state index < -0.39 is 11.4 Å². The maximum atomic E-state index is 12.1. The minimum absolute atomic E-state index is 0.597. The van der Waals surface area contributed by atoms with Crippen LogP contribution in [0, 0.1) is 24.7 Å². The van der Waals surface area contributed by atoms with Gasteiger partial charge in [-0.15, -0.1) is 0 Å². The van der Waals surface area contributed by atoms with Gasteiger partial charge in [-0.2, -0.15) is 0 Å². The molecule has 96 valence electrons. The van der Waals surface area contributed by atoms with E-state index in [1.807, 2.05) is 37.4 Å². The first kappa shape index (κ1) is 12.2. The van der Waals surface area contributed by atoms with Gasteiger partial charge in [-0.25, -0.2) is 0 Å². The molecule has 0 aromatic heterocycles. The summed E-state index contributed by atoms with van der Waals surface area (Å²) in [5.74, 6) is 2.26. The zero-order valence-electron chi connectivity index (χ0n) is 10.7. The quantitative estimate of drug-likeness (QED) is 0.590. The average molecular weight is 261 g/mol. The molecule has 0 bridgehead atoms. The van der Waals surface area contributed by atoms with Crippen molar-refractivity contribution in [2.24, 2.45) is 22.2 Å². The molecular formula is C15H19NOS. The van der Waals surface area contributed by atoms with Crippen LogP contribution in [0.2, 0.25) is 0 Å². The number of nitrogens with zero attached hydrogens (tertiary/aromatic N) is 1. The first-order chi connectivity index (χ1) is 8.74. The summed E-state index contributed by atoms with van der Waals surface area (Å²) in [6, 6.07) is 7.79. The van der Waals surface area contributed by atoms with Crippen molar-refractivity contribution in [3.63, 3.8) is 0 Å². The van der Waals surface area contributed by atoms with E-state index in [-0.39, 0.29) is 0 Å². The monoisotopic (exact) mass is 261 g/mol. The largest absolute Gasteiger partial charge is 0.586 e. The van der Waals surface area contributed by atoms with Crippen molar-refractivity contribution < 1.29 is 4.55 Å². The lowest BCUT2D eigenvalue weighted by Gasteiger charge is -2.08. The molecule has 0 saturated heterocycles. The van der Waals surface area contributed by atoms with E-state index in [0.29, 0.717) is 5.92 Å². The molecule has 1 atom stereocenters. The molecule has 0 amide bonds. The third-order valence-corrected chi connectivity index (χ3v) is 4.87. The summed E-state index contributed by atoms with van der Waals surface area (Å²) >= 11 is -1.22. The van der Waals surface area contributed by atoms with Gasteiger partial charge in [0, 0.05) is 5.92 Å². The summed E-state index contributed by atoms with van der Waals surface area (Å²) in [4.78, 5) is 0.808. The molecule has 0 spiro atoms. The van der Waals surface area contributed by atoms with Gasteiger partial charge in [0.2, 0.25) is 0 Å². The molecule has 1 aromatic carbocycles. The van der Waals surface area contributed by atoms with E-state index in [2.05, 4.69) is 4.40 Å². The van der Waals surface area contributed by atoms with Gasteiger partial charge in [0.05, 0.1) is 6.21 Å². The fraction of sp³-hybridized carbons (Fsp3) is 0.533. The van der Waals surface area contributed by atoms with E-state index in [0.717, 1.165) is 16.7 Å². The first-order valence-corrected chi connectivity index (χ1v) is 7.87. The molecule has 3 heteroatoms. The van der Waals surface area contributed by atoms with E-state index >= 15 is 0 Å². The van der Waals surface area contributed by atoms with E-state index in [1.54, 1.807) is 0 Å². The van der Waals surface area contributed by atoms with Crippen molar-refractivity contribution in [3.8, 4) is 0 Å². The lowest BCUT2D eigenvalue weighted by atomic mass is 10.00. The fourth-order valence-electron chi connectivity index (χ4n) is 2.43. The smallest absolute Gasteiger partial charge is 0.182 e. The minimum atomic E-state index is -1.22. The molecule has 2 nitrogen and oxygen atoms in total. The Bertz CT molecular complexity index is 422. The van der Waals surface area contributed by atoms with Crippen LogP contribution in [-0.2, 0) is 11.4 Å². The molecule has 18 heavy (non-hydrogen) atoms. The molecule has 0 N–H and O–H groups in total. The van der Waals surface area contributed by atoms with Gasteiger partial charge in [0.1, 0.15) is 11.4 Å². The van der Waals surface area contributed by atoms with Gasteiger partial charge in [-0.1, -0.05) is 22.1 Å². The van der Waals surface area contributed by atoms with Crippen molar-refractivity contribution in [2.45, 2.75) is 37.5 Å². The fourth-order valence-corrected chi connectivity index (χ4v) is 3.17. The van der Waals surface area contributed by atoms with Crippen molar-refractivity contribution in [2.75, 3.05) is 0 Å². The number of aryl methyl sites for hydroxylation is 1. The summed E-state index contributed by atoms with van der Waals surface area (Å²) in [5, 5.41) is 0. The highest BCUT2D eigenvalue weighted by atomic mass is 32.2. The Morgan fingerprint density at radius 2 is 1.72 bits per heavy atom. The van der Waals surface area contributed by atoms with Crippen LogP contribution in [0.3, 0.4) is 0 Å². The molecule has 2 fully saturated rings. The van der Waals surface area contributed by atoms with Crippen molar-refractivity contribution in [1.29, 1.82) is 0 Å². The molecule has 2 saturated carbocycles. The molecule has 2 aliphatic rings. The van der Waals surface area contributed by atoms with Crippen LogP contribution in [0.25, 0.3) is 0 Å². The molecule has 0 radical (unpaired) electrons. The maximum absolute atomic E-state index is 12.1. The second-order valence-electron chi connectivity index (χ2n) is 5.57. The number of benzene rings is 1. The van der Waals surface area contributed by atoms with Crippen molar-refractivity contribution >= 4 is 17.6 Å². The average Bonchev–Trinajstić information content (AvgIpc) is 3.24. The molecule has 0 heterocycles. The third-order valence-electron chi connectivity index (χ3n) is 3.88. The predicted molar refractivity (Wildman–Crippen MR) is 75.0 cm³/mol. The van der Waals surface area contributed by atoms with Crippen LogP contribution in [0.5, 0.6) is 0 Å². The molecule has 3 rings (SSSR count). The topological polar surface area (TPSA) is 35.4 Å². The Hall–Kier alpha value is -0.800. The SMILES string of the molecule is Cc1ccc([S@+]([O-])/N=C\C(C2CC2)C2CC2)cc1. The molecular weight excluding hydrogens is 242 g/mol. The highest BCUT2D eigenvalue weighted by Crippen LogP contribution is 2.48. The van der Waals surface area contributed by atoms with E-state index in [4.69, 9.17) is 0 Å². The Kier molecular flexibility index (Phi) is 3.44. The number of rotatable bonds is 5. The highest BCUT2D eigenvalue weighted by molar-refractivity contribution is 7.90. The van der Waals surface area contributed by atoms with E-state index in [1.165, 1.54) is 31.2 Å². The van der Waals surface area contributed by atoms with Gasteiger partial charge >= 0.3 is 0 Å². The van der Waals surface area contributed by atoms with Gasteiger partial charge < -0.3 is 4.55 Å². The van der Waals surface area contributed by atoms with Gasteiger partial charge in [-0.05, 0) is 56.6 Å². The van der Waals surface area contributed by atoms with Crippen LogP contribution >= 0.6 is 0 Å². The molecule has 0 unspecified atom stereocenters. The van der Waals surface area contributed by atoms with Crippen molar-refractivity contribution in [1.82, 2.24) is 0 Å². The Morgan fingerprint density at radius 3 is 2.22 bits per heavy atom. The van der Waals surface area contributed by atoms with Crippen LogP contribution < -0.4 is 0 Å². The second-order valence-corrected chi connectivity index (χ2v) is 6.75. The summed E-state index contributed by atoms with van der Waals surface area (Å²) in [5.41, 5.74) is 1.19. The maximum Gasteiger partial charge on any atom is 0.182 e. The molecule has 0 aliphatic heterocycles. The lowest BCUT2D eigenvalue weighted by molar-refractivity contribution is 0.544. The summed E-state index contributed by atoms with van der Waals surface area (Å²) in [6.45, 7) is 2.03. The third kappa shape index (κ3) is 2.96. The predicted octanol–water partition coefficient (Wildman–Crippen LogP) is 3.52. The lowest BCUT2D eigenvalue weighted by Crippen LogP contribution is -2.09. The summed E-state index contributed by atoms with van der Waals surface area (Å²) in [6.07, 6.45) is 7.34. The van der Waals surface area contributed by atoms with Gasteiger partial charge in [0.15, 0.2) is 4.90 Å². The second kappa shape index (κ2) is 5.06. The number of hydrogen-bond acceptors (Lipinski definition) is 2. The molecule has 1 aromatic rings. The molecule has 2 aliphatic carbocycles. The van der Waals surface area contributed by atoms with Crippen LogP contribution in [0.15, 0.2) is 33.6 Å². The first-order valence-electron chi connectivity index (χ1n) is 6.77. The minimum Gasteiger partial charge on any atom is -0.586 e. The Labute approximate surface area is 112 Å². The van der Waals surface area contributed by atoms with Crippen molar-refractivity contribution in [3.05, 3.63) is 29.8 Å². The van der Waals surface area contributed by atoms with Gasteiger partial charge in [0.25, 0.3) is 0 Å². The highest BCUT2D eigenvalue weighted by Gasteiger charge is 2.40.